The van der Waals surface area contributed by atoms with Crippen molar-refractivity contribution in [3.05, 3.63) is 59.2 Å². The number of methoxy groups -OCH3 is 2. The quantitative estimate of drug-likeness (QED) is 0.771. The number of benzene rings is 2. The fourth-order valence-electron chi connectivity index (χ4n) is 2.36. The van der Waals surface area contributed by atoms with Gasteiger partial charge in [-0.2, -0.15) is 0 Å². The van der Waals surface area contributed by atoms with Crippen LogP contribution in [-0.4, -0.2) is 32.7 Å². The van der Waals surface area contributed by atoms with Crippen molar-refractivity contribution >= 4 is 11.9 Å². The normalized spacial score (nSPS) is 11.4. The lowest BCUT2D eigenvalue weighted by atomic mass is 10.1. The molecule has 0 unspecified atom stereocenters. The van der Waals surface area contributed by atoms with E-state index < -0.39 is 5.97 Å². The molecule has 0 bridgehead atoms. The standard InChI is InChI=1S/C20H23NO5/c1-13-5-7-15(8-6-13)14(2)21-19(22)12-26-20(23)16-9-17(24-3)11-18(10-16)25-4/h5-11,14H,12H2,1-4H3,(H,21,22)/t14-/m0/s1. The lowest BCUT2D eigenvalue weighted by Gasteiger charge is -2.15. The van der Waals surface area contributed by atoms with Crippen molar-refractivity contribution in [1.82, 2.24) is 5.32 Å². The van der Waals surface area contributed by atoms with E-state index in [2.05, 4.69) is 5.32 Å². The molecule has 6 heteroatoms. The molecule has 2 aromatic rings. The Balaban J connectivity index is 1.92. The summed E-state index contributed by atoms with van der Waals surface area (Å²) >= 11 is 0. The fourth-order valence-corrected chi connectivity index (χ4v) is 2.36. The number of amides is 1. The molecule has 0 aromatic heterocycles. The van der Waals surface area contributed by atoms with Crippen LogP contribution in [0.3, 0.4) is 0 Å². The predicted molar refractivity (Wildman–Crippen MR) is 97.6 cm³/mol. The lowest BCUT2D eigenvalue weighted by molar-refractivity contribution is -0.124. The third kappa shape index (κ3) is 5.24. The van der Waals surface area contributed by atoms with Gasteiger partial charge in [-0.05, 0) is 31.5 Å². The number of esters is 1. The van der Waals surface area contributed by atoms with E-state index >= 15 is 0 Å². The second-order valence-corrected chi connectivity index (χ2v) is 5.88. The number of ether oxygens (including phenoxy) is 3. The molecule has 1 atom stereocenters. The molecule has 0 aliphatic carbocycles. The average Bonchev–Trinajstić information content (AvgIpc) is 2.65. The Morgan fingerprint density at radius 1 is 1.00 bits per heavy atom. The van der Waals surface area contributed by atoms with Gasteiger partial charge in [0.1, 0.15) is 11.5 Å². The van der Waals surface area contributed by atoms with E-state index in [4.69, 9.17) is 14.2 Å². The van der Waals surface area contributed by atoms with E-state index in [1.54, 1.807) is 6.07 Å². The van der Waals surface area contributed by atoms with Crippen molar-refractivity contribution in [3.8, 4) is 11.5 Å². The number of carbonyl (C=O) groups is 2. The molecule has 1 N–H and O–H groups in total. The van der Waals surface area contributed by atoms with E-state index in [1.165, 1.54) is 26.4 Å². The van der Waals surface area contributed by atoms with E-state index in [0.717, 1.165) is 11.1 Å². The van der Waals surface area contributed by atoms with Crippen molar-refractivity contribution in [2.75, 3.05) is 20.8 Å². The van der Waals surface area contributed by atoms with Gasteiger partial charge in [0.25, 0.3) is 5.91 Å². The number of carbonyl (C=O) groups excluding carboxylic acids is 2. The Labute approximate surface area is 153 Å². The van der Waals surface area contributed by atoms with Gasteiger partial charge in [0.05, 0.1) is 25.8 Å². The highest BCUT2D eigenvalue weighted by atomic mass is 16.5. The molecule has 0 spiro atoms. The number of hydrogen-bond donors (Lipinski definition) is 1. The van der Waals surface area contributed by atoms with Crippen LogP contribution in [0, 0.1) is 6.92 Å². The van der Waals surface area contributed by atoms with Gasteiger partial charge in [-0.15, -0.1) is 0 Å². The SMILES string of the molecule is COc1cc(OC)cc(C(=O)OCC(=O)N[C@@H](C)c2ccc(C)cc2)c1. The van der Waals surface area contributed by atoms with Crippen LogP contribution in [0.1, 0.15) is 34.5 Å². The summed E-state index contributed by atoms with van der Waals surface area (Å²) in [7, 11) is 2.98. The number of nitrogens with one attached hydrogen (secondary N) is 1. The number of hydrogen-bond acceptors (Lipinski definition) is 5. The summed E-state index contributed by atoms with van der Waals surface area (Å²) in [6.45, 7) is 3.51. The van der Waals surface area contributed by atoms with Crippen LogP contribution in [0.4, 0.5) is 0 Å². The zero-order valence-electron chi connectivity index (χ0n) is 15.4. The Morgan fingerprint density at radius 2 is 1.58 bits per heavy atom. The first-order valence-electron chi connectivity index (χ1n) is 8.19. The largest absolute Gasteiger partial charge is 0.497 e. The minimum atomic E-state index is -0.625. The summed E-state index contributed by atoms with van der Waals surface area (Å²) < 4.78 is 15.3. The highest BCUT2D eigenvalue weighted by Gasteiger charge is 2.15. The van der Waals surface area contributed by atoms with Gasteiger partial charge < -0.3 is 19.5 Å². The summed E-state index contributed by atoms with van der Waals surface area (Å²) in [5.74, 6) is -0.0656. The topological polar surface area (TPSA) is 73.9 Å². The maximum atomic E-state index is 12.2. The first-order chi connectivity index (χ1) is 12.4. The summed E-state index contributed by atoms with van der Waals surface area (Å²) in [5, 5.41) is 2.80. The third-order valence-electron chi connectivity index (χ3n) is 3.88. The van der Waals surface area contributed by atoms with Crippen LogP contribution in [0.25, 0.3) is 0 Å². The molecule has 0 aliphatic heterocycles. The number of aryl methyl sites for hydroxylation is 1. The van der Waals surface area contributed by atoms with E-state index in [9.17, 15) is 9.59 Å². The van der Waals surface area contributed by atoms with E-state index in [0.29, 0.717) is 11.5 Å². The van der Waals surface area contributed by atoms with Gasteiger partial charge in [-0.3, -0.25) is 4.79 Å². The van der Waals surface area contributed by atoms with Gasteiger partial charge in [0.15, 0.2) is 6.61 Å². The van der Waals surface area contributed by atoms with Crippen LogP contribution in [0.5, 0.6) is 11.5 Å². The molecule has 0 saturated carbocycles. The summed E-state index contributed by atoms with van der Waals surface area (Å²) in [6.07, 6.45) is 0. The Bertz CT molecular complexity index is 748. The minimum Gasteiger partial charge on any atom is -0.497 e. The monoisotopic (exact) mass is 357 g/mol. The van der Waals surface area contributed by atoms with Gasteiger partial charge >= 0.3 is 5.97 Å². The number of rotatable bonds is 7. The van der Waals surface area contributed by atoms with Crippen LogP contribution in [0.2, 0.25) is 0 Å². The van der Waals surface area contributed by atoms with Crippen LogP contribution >= 0.6 is 0 Å². The van der Waals surface area contributed by atoms with Crippen molar-refractivity contribution in [2.24, 2.45) is 0 Å². The van der Waals surface area contributed by atoms with Gasteiger partial charge in [0.2, 0.25) is 0 Å². The summed E-state index contributed by atoms with van der Waals surface area (Å²) in [5.41, 5.74) is 2.38. The van der Waals surface area contributed by atoms with Crippen LogP contribution in [0.15, 0.2) is 42.5 Å². The van der Waals surface area contributed by atoms with Gasteiger partial charge in [-0.25, -0.2) is 4.79 Å². The second kappa shape index (κ2) is 8.89. The second-order valence-electron chi connectivity index (χ2n) is 5.88. The maximum Gasteiger partial charge on any atom is 0.338 e. The molecule has 2 rings (SSSR count). The van der Waals surface area contributed by atoms with Crippen molar-refractivity contribution in [1.29, 1.82) is 0 Å². The van der Waals surface area contributed by atoms with Gasteiger partial charge in [-0.1, -0.05) is 29.8 Å². The Hall–Kier alpha value is -3.02. The zero-order chi connectivity index (χ0) is 19.1. The molecule has 0 radical (unpaired) electrons. The summed E-state index contributed by atoms with van der Waals surface area (Å²) in [6, 6.07) is 12.4. The Morgan fingerprint density at radius 3 is 2.12 bits per heavy atom. The van der Waals surface area contributed by atoms with Crippen molar-refractivity contribution in [3.63, 3.8) is 0 Å². The zero-order valence-corrected chi connectivity index (χ0v) is 15.4. The van der Waals surface area contributed by atoms with Crippen molar-refractivity contribution in [2.45, 2.75) is 19.9 Å². The first-order valence-corrected chi connectivity index (χ1v) is 8.19. The molecule has 0 aliphatic rings. The maximum absolute atomic E-state index is 12.2. The molecule has 2 aromatic carbocycles. The molecule has 0 saturated heterocycles. The third-order valence-corrected chi connectivity index (χ3v) is 3.88. The van der Waals surface area contributed by atoms with Gasteiger partial charge in [0, 0.05) is 6.07 Å². The molecule has 138 valence electrons. The lowest BCUT2D eigenvalue weighted by Crippen LogP contribution is -2.31. The molecule has 26 heavy (non-hydrogen) atoms. The van der Waals surface area contributed by atoms with E-state index in [1.807, 2.05) is 38.1 Å². The predicted octanol–water partition coefficient (Wildman–Crippen LogP) is 3.05. The summed E-state index contributed by atoms with van der Waals surface area (Å²) in [4.78, 5) is 24.2. The molecule has 0 fully saturated rings. The highest BCUT2D eigenvalue weighted by Crippen LogP contribution is 2.23. The van der Waals surface area contributed by atoms with E-state index in [-0.39, 0.29) is 24.1 Å². The molecule has 6 nitrogen and oxygen atoms in total. The minimum absolute atomic E-state index is 0.182. The fraction of sp³-hybridized carbons (Fsp3) is 0.300. The van der Waals surface area contributed by atoms with Crippen LogP contribution < -0.4 is 14.8 Å². The van der Waals surface area contributed by atoms with Crippen molar-refractivity contribution < 1.29 is 23.8 Å². The molecular formula is C20H23NO5. The van der Waals surface area contributed by atoms with Crippen LogP contribution in [-0.2, 0) is 9.53 Å². The molecule has 0 heterocycles. The Kier molecular flexibility index (Phi) is 6.60. The molecular weight excluding hydrogens is 334 g/mol. The first kappa shape index (κ1) is 19.3. The average molecular weight is 357 g/mol. The molecule has 1 amide bonds. The smallest absolute Gasteiger partial charge is 0.338 e. The highest BCUT2D eigenvalue weighted by molar-refractivity contribution is 5.92.